The standard InChI is InChI=1S/C21H37N5O4/c1-25(2)13-8-14-26(3)21(28)19-22-20(30-24-19)17(15-18(27)23-29)12-7-11-16-9-5-4-6-10-16/h16-17,29H,4-15H2,1-3H3,(H,23,27)/t17-/m1/s1. The van der Waals surface area contributed by atoms with E-state index in [9.17, 15) is 9.59 Å². The van der Waals surface area contributed by atoms with Crippen molar-refractivity contribution in [3.63, 3.8) is 0 Å². The van der Waals surface area contributed by atoms with Crippen LogP contribution in [0.15, 0.2) is 4.52 Å². The lowest BCUT2D eigenvalue weighted by Crippen LogP contribution is -2.30. The summed E-state index contributed by atoms with van der Waals surface area (Å²) in [5.41, 5.74) is 1.68. The van der Waals surface area contributed by atoms with Crippen LogP contribution in [0.2, 0.25) is 0 Å². The Bertz CT molecular complexity index is 658. The average molecular weight is 424 g/mol. The lowest BCUT2D eigenvalue weighted by molar-refractivity contribution is -0.129. The summed E-state index contributed by atoms with van der Waals surface area (Å²) in [6.45, 7) is 1.48. The Hall–Kier alpha value is -2.00. The average Bonchev–Trinajstić information content (AvgIpc) is 3.22. The summed E-state index contributed by atoms with van der Waals surface area (Å²) in [5.74, 6) is -0.0530. The first-order chi connectivity index (χ1) is 14.4. The van der Waals surface area contributed by atoms with Crippen LogP contribution >= 0.6 is 0 Å². The Morgan fingerprint density at radius 2 is 1.90 bits per heavy atom. The van der Waals surface area contributed by atoms with E-state index in [4.69, 9.17) is 9.73 Å². The maximum atomic E-state index is 12.6. The zero-order valence-corrected chi connectivity index (χ0v) is 18.6. The molecule has 9 nitrogen and oxygen atoms in total. The van der Waals surface area contributed by atoms with Crippen LogP contribution in [0.1, 0.15) is 86.6 Å². The van der Waals surface area contributed by atoms with Crippen LogP contribution in [-0.4, -0.2) is 71.2 Å². The first-order valence-electron chi connectivity index (χ1n) is 11.1. The monoisotopic (exact) mass is 423 g/mol. The number of hydrogen-bond acceptors (Lipinski definition) is 7. The van der Waals surface area contributed by atoms with Gasteiger partial charge in [-0.1, -0.05) is 50.1 Å². The summed E-state index contributed by atoms with van der Waals surface area (Å²) >= 11 is 0. The zero-order chi connectivity index (χ0) is 21.9. The Balaban J connectivity index is 1.94. The van der Waals surface area contributed by atoms with Crippen molar-refractivity contribution in [2.24, 2.45) is 5.92 Å². The van der Waals surface area contributed by atoms with Crippen molar-refractivity contribution < 1.29 is 19.3 Å². The summed E-state index contributed by atoms with van der Waals surface area (Å²) in [6, 6.07) is 0. The molecule has 2 rings (SSSR count). The summed E-state index contributed by atoms with van der Waals surface area (Å²) < 4.78 is 5.35. The first kappa shape index (κ1) is 24.3. The number of nitrogens with one attached hydrogen (secondary N) is 1. The van der Waals surface area contributed by atoms with Crippen LogP contribution in [0.3, 0.4) is 0 Å². The maximum absolute atomic E-state index is 12.6. The molecule has 2 N–H and O–H groups in total. The molecule has 0 aromatic carbocycles. The lowest BCUT2D eigenvalue weighted by Gasteiger charge is -2.22. The quantitative estimate of drug-likeness (QED) is 0.393. The number of carbonyl (C=O) groups excluding carboxylic acids is 2. The van der Waals surface area contributed by atoms with E-state index in [0.29, 0.717) is 13.0 Å². The SMILES string of the molecule is CN(C)CCCN(C)C(=O)c1noc([C@H](CCCC2CCCCC2)CC(=O)NO)n1. The smallest absolute Gasteiger partial charge is 0.295 e. The molecule has 0 aliphatic heterocycles. The third-order valence-electron chi connectivity index (χ3n) is 5.87. The van der Waals surface area contributed by atoms with Gasteiger partial charge in [0.2, 0.25) is 11.8 Å². The van der Waals surface area contributed by atoms with E-state index in [1.54, 1.807) is 17.4 Å². The number of aromatic nitrogens is 2. The second kappa shape index (κ2) is 12.6. The van der Waals surface area contributed by atoms with E-state index in [1.807, 2.05) is 14.1 Å². The predicted molar refractivity (Wildman–Crippen MR) is 112 cm³/mol. The molecule has 1 aliphatic carbocycles. The Kier molecular flexibility index (Phi) is 10.2. The molecule has 1 aromatic rings. The number of nitrogens with zero attached hydrogens (tertiary/aromatic N) is 4. The van der Waals surface area contributed by atoms with Crippen LogP contribution in [0.5, 0.6) is 0 Å². The van der Waals surface area contributed by atoms with Gasteiger partial charge in [-0.3, -0.25) is 14.8 Å². The fraction of sp³-hybridized carbons (Fsp3) is 0.810. The maximum Gasteiger partial charge on any atom is 0.295 e. The molecule has 170 valence electrons. The highest BCUT2D eigenvalue weighted by atomic mass is 16.5. The number of hydrogen-bond donors (Lipinski definition) is 2. The van der Waals surface area contributed by atoms with Crippen LogP contribution in [0.25, 0.3) is 0 Å². The van der Waals surface area contributed by atoms with E-state index in [0.717, 1.165) is 31.7 Å². The molecule has 0 saturated heterocycles. The fourth-order valence-electron chi connectivity index (χ4n) is 4.10. The van der Waals surface area contributed by atoms with Crippen LogP contribution in [0, 0.1) is 5.92 Å². The van der Waals surface area contributed by atoms with Gasteiger partial charge in [-0.15, -0.1) is 0 Å². The molecule has 1 aromatic heterocycles. The van der Waals surface area contributed by atoms with E-state index >= 15 is 0 Å². The van der Waals surface area contributed by atoms with Gasteiger partial charge < -0.3 is 14.3 Å². The minimum atomic E-state index is -0.496. The largest absolute Gasteiger partial charge is 0.339 e. The second-order valence-corrected chi connectivity index (χ2v) is 8.71. The number of hydroxylamine groups is 1. The predicted octanol–water partition coefficient (Wildman–Crippen LogP) is 2.82. The van der Waals surface area contributed by atoms with Crippen molar-refractivity contribution in [2.75, 3.05) is 34.2 Å². The van der Waals surface area contributed by atoms with Crippen LogP contribution < -0.4 is 5.48 Å². The van der Waals surface area contributed by atoms with Crippen molar-refractivity contribution in [1.82, 2.24) is 25.4 Å². The molecule has 0 radical (unpaired) electrons. The number of amides is 2. The van der Waals surface area contributed by atoms with Crippen LogP contribution in [0.4, 0.5) is 0 Å². The Morgan fingerprint density at radius 3 is 2.57 bits per heavy atom. The Morgan fingerprint density at radius 1 is 1.17 bits per heavy atom. The van der Waals surface area contributed by atoms with Crippen molar-refractivity contribution in [3.8, 4) is 0 Å². The van der Waals surface area contributed by atoms with E-state index in [2.05, 4.69) is 15.0 Å². The molecule has 1 atom stereocenters. The molecule has 1 fully saturated rings. The molecule has 0 unspecified atom stereocenters. The molecule has 0 spiro atoms. The molecular formula is C21H37N5O4. The third-order valence-corrected chi connectivity index (χ3v) is 5.87. The van der Waals surface area contributed by atoms with Gasteiger partial charge in [0, 0.05) is 25.9 Å². The van der Waals surface area contributed by atoms with Gasteiger partial charge in [-0.25, -0.2) is 5.48 Å². The minimum absolute atomic E-state index is 0.0130. The summed E-state index contributed by atoms with van der Waals surface area (Å²) in [6.07, 6.45) is 10.2. The zero-order valence-electron chi connectivity index (χ0n) is 18.6. The molecule has 1 aliphatic rings. The molecular weight excluding hydrogens is 386 g/mol. The highest BCUT2D eigenvalue weighted by Gasteiger charge is 2.26. The van der Waals surface area contributed by atoms with Crippen LogP contribution in [-0.2, 0) is 4.79 Å². The van der Waals surface area contributed by atoms with Gasteiger partial charge in [0.25, 0.3) is 11.7 Å². The van der Waals surface area contributed by atoms with Crippen molar-refractivity contribution in [2.45, 2.75) is 70.1 Å². The Labute approximate surface area is 179 Å². The highest BCUT2D eigenvalue weighted by Crippen LogP contribution is 2.31. The fourth-order valence-corrected chi connectivity index (χ4v) is 4.10. The molecule has 30 heavy (non-hydrogen) atoms. The van der Waals surface area contributed by atoms with Gasteiger partial charge in [0.15, 0.2) is 0 Å². The molecule has 9 heteroatoms. The number of carbonyl (C=O) groups is 2. The third kappa shape index (κ3) is 8.02. The minimum Gasteiger partial charge on any atom is -0.339 e. The van der Waals surface area contributed by atoms with E-state index in [1.165, 1.54) is 32.1 Å². The summed E-state index contributed by atoms with van der Waals surface area (Å²) in [7, 11) is 5.70. The number of rotatable bonds is 12. The van der Waals surface area contributed by atoms with Gasteiger partial charge in [-0.05, 0) is 39.4 Å². The topological polar surface area (TPSA) is 112 Å². The normalized spacial score (nSPS) is 15.9. The van der Waals surface area contributed by atoms with Gasteiger partial charge >= 0.3 is 0 Å². The molecule has 2 amide bonds. The van der Waals surface area contributed by atoms with Gasteiger partial charge in [0.1, 0.15) is 0 Å². The van der Waals surface area contributed by atoms with E-state index < -0.39 is 5.91 Å². The van der Waals surface area contributed by atoms with Crippen molar-refractivity contribution >= 4 is 11.8 Å². The van der Waals surface area contributed by atoms with Crippen molar-refractivity contribution in [3.05, 3.63) is 11.7 Å². The lowest BCUT2D eigenvalue weighted by atomic mass is 9.84. The summed E-state index contributed by atoms with van der Waals surface area (Å²) in [4.78, 5) is 32.2. The van der Waals surface area contributed by atoms with E-state index in [-0.39, 0.29) is 30.0 Å². The summed E-state index contributed by atoms with van der Waals surface area (Å²) in [5, 5.41) is 12.8. The van der Waals surface area contributed by atoms with Gasteiger partial charge in [0.05, 0.1) is 0 Å². The molecule has 1 saturated carbocycles. The first-order valence-corrected chi connectivity index (χ1v) is 11.1. The van der Waals surface area contributed by atoms with Crippen molar-refractivity contribution in [1.29, 1.82) is 0 Å². The molecule has 0 bridgehead atoms. The second-order valence-electron chi connectivity index (χ2n) is 8.71. The highest BCUT2D eigenvalue weighted by molar-refractivity contribution is 5.90. The van der Waals surface area contributed by atoms with Gasteiger partial charge in [-0.2, -0.15) is 4.98 Å². The molecule has 1 heterocycles.